The van der Waals surface area contributed by atoms with Crippen molar-refractivity contribution >= 4 is 29.6 Å². The lowest BCUT2D eigenvalue weighted by molar-refractivity contribution is -0.123. The molecule has 2 N–H and O–H groups in total. The smallest absolute Gasteiger partial charge is 0.262 e. The Balaban J connectivity index is 1.63. The monoisotopic (exact) mass is 535 g/mol. The molecule has 0 aliphatic heterocycles. The number of aryl methyl sites for hydroxylation is 1. The molecule has 0 bridgehead atoms. The van der Waals surface area contributed by atoms with Gasteiger partial charge in [0.25, 0.3) is 11.8 Å². The first-order valence-corrected chi connectivity index (χ1v) is 13.0. The summed E-state index contributed by atoms with van der Waals surface area (Å²) in [6.07, 6.45) is 1.99. The van der Waals surface area contributed by atoms with Crippen LogP contribution in [0.25, 0.3) is 0 Å². The quantitative estimate of drug-likeness (QED) is 0.222. The number of carbonyl (C=O) groups excluding carboxylic acids is 2. The fourth-order valence-corrected chi connectivity index (χ4v) is 3.76. The number of ether oxygens (including phenoxy) is 2. The van der Waals surface area contributed by atoms with Crippen molar-refractivity contribution in [1.29, 1.82) is 0 Å². The summed E-state index contributed by atoms with van der Waals surface area (Å²) in [4.78, 5) is 25.5. The highest BCUT2D eigenvalue weighted by Gasteiger charge is 2.22. The molecule has 0 aliphatic rings. The van der Waals surface area contributed by atoms with Gasteiger partial charge in [-0.2, -0.15) is 5.10 Å². The largest absolute Gasteiger partial charge is 0.490 e. The van der Waals surface area contributed by atoms with E-state index in [4.69, 9.17) is 21.1 Å². The zero-order valence-electron chi connectivity index (χ0n) is 22.2. The third kappa shape index (κ3) is 8.92. The minimum Gasteiger partial charge on any atom is -0.490 e. The fourth-order valence-electron chi connectivity index (χ4n) is 3.63. The van der Waals surface area contributed by atoms with Crippen LogP contribution in [0.5, 0.6) is 11.5 Å². The molecule has 0 aliphatic carbocycles. The zero-order chi connectivity index (χ0) is 27.5. The molecule has 8 heteroatoms. The predicted octanol–water partition coefficient (Wildman–Crippen LogP) is 5.92. The fraction of sp³-hybridized carbons (Fsp3) is 0.300. The van der Waals surface area contributed by atoms with E-state index in [0.29, 0.717) is 41.7 Å². The van der Waals surface area contributed by atoms with Crippen LogP contribution < -0.4 is 20.2 Å². The number of nitrogens with zero attached hydrogens (tertiary/aromatic N) is 1. The minimum atomic E-state index is -0.744. The van der Waals surface area contributed by atoms with Gasteiger partial charge in [-0.25, -0.2) is 5.43 Å². The molecular weight excluding hydrogens is 502 g/mol. The van der Waals surface area contributed by atoms with Crippen LogP contribution in [0.15, 0.2) is 71.8 Å². The SMILES string of the molecule is CCOc1cc(C=NNC(=O)C(CC(C)C)NC(=O)c2ccc(Cl)cc2)ccc1OCc1ccc(C)cc1. The number of hydrazone groups is 1. The molecule has 0 fully saturated rings. The van der Waals surface area contributed by atoms with E-state index in [0.717, 1.165) is 11.1 Å². The van der Waals surface area contributed by atoms with Crippen LogP contribution in [0.2, 0.25) is 5.02 Å². The van der Waals surface area contributed by atoms with Crippen molar-refractivity contribution in [3.63, 3.8) is 0 Å². The van der Waals surface area contributed by atoms with E-state index in [-0.39, 0.29) is 11.8 Å². The number of benzene rings is 3. The molecule has 0 radical (unpaired) electrons. The Morgan fingerprint density at radius 1 is 0.974 bits per heavy atom. The lowest BCUT2D eigenvalue weighted by atomic mass is 10.0. The van der Waals surface area contributed by atoms with Crippen molar-refractivity contribution in [2.24, 2.45) is 11.0 Å². The molecule has 200 valence electrons. The van der Waals surface area contributed by atoms with Gasteiger partial charge in [-0.05, 0) is 79.8 Å². The molecule has 3 aromatic carbocycles. The highest BCUT2D eigenvalue weighted by molar-refractivity contribution is 6.30. The van der Waals surface area contributed by atoms with E-state index in [1.807, 2.05) is 64.1 Å². The van der Waals surface area contributed by atoms with Gasteiger partial charge in [0.1, 0.15) is 12.6 Å². The van der Waals surface area contributed by atoms with Crippen LogP contribution in [-0.4, -0.2) is 30.7 Å². The van der Waals surface area contributed by atoms with Crippen molar-refractivity contribution in [2.45, 2.75) is 46.8 Å². The average Bonchev–Trinajstić information content (AvgIpc) is 2.89. The predicted molar refractivity (Wildman–Crippen MR) is 151 cm³/mol. The number of nitrogens with one attached hydrogen (secondary N) is 2. The lowest BCUT2D eigenvalue weighted by Gasteiger charge is -2.19. The van der Waals surface area contributed by atoms with Gasteiger partial charge in [-0.15, -0.1) is 0 Å². The van der Waals surface area contributed by atoms with Gasteiger partial charge in [-0.1, -0.05) is 55.3 Å². The molecule has 3 aromatic rings. The van der Waals surface area contributed by atoms with Crippen molar-refractivity contribution < 1.29 is 19.1 Å². The summed E-state index contributed by atoms with van der Waals surface area (Å²) in [5.41, 5.74) is 5.94. The Hall–Kier alpha value is -3.84. The Morgan fingerprint density at radius 3 is 2.34 bits per heavy atom. The third-order valence-corrected chi connectivity index (χ3v) is 5.86. The highest BCUT2D eigenvalue weighted by Crippen LogP contribution is 2.29. The standard InChI is InChI=1S/C30H34ClN3O4/c1-5-37-28-17-23(10-15-27(28)38-19-22-8-6-21(4)7-9-22)18-32-34-30(36)26(16-20(2)3)33-29(35)24-11-13-25(31)14-12-24/h6-15,17-18,20,26H,5,16,19H2,1-4H3,(H,33,35)(H,34,36). The number of rotatable bonds is 12. The van der Waals surface area contributed by atoms with Crippen LogP contribution in [0.4, 0.5) is 0 Å². The normalized spacial score (nSPS) is 11.8. The van der Waals surface area contributed by atoms with Crippen molar-refractivity contribution in [2.75, 3.05) is 6.61 Å². The first-order valence-electron chi connectivity index (χ1n) is 12.6. The van der Waals surface area contributed by atoms with E-state index < -0.39 is 11.9 Å². The number of amides is 2. The second-order valence-electron chi connectivity index (χ2n) is 9.31. The van der Waals surface area contributed by atoms with Crippen molar-refractivity contribution in [3.05, 3.63) is 94.0 Å². The molecule has 0 saturated carbocycles. The summed E-state index contributed by atoms with van der Waals surface area (Å²) >= 11 is 5.90. The first-order chi connectivity index (χ1) is 18.2. The zero-order valence-corrected chi connectivity index (χ0v) is 22.9. The molecule has 0 heterocycles. The summed E-state index contributed by atoms with van der Waals surface area (Å²) in [7, 11) is 0. The summed E-state index contributed by atoms with van der Waals surface area (Å²) < 4.78 is 11.7. The molecule has 38 heavy (non-hydrogen) atoms. The van der Waals surface area contributed by atoms with Gasteiger partial charge in [0.2, 0.25) is 0 Å². The highest BCUT2D eigenvalue weighted by atomic mass is 35.5. The maximum absolute atomic E-state index is 12.8. The second-order valence-corrected chi connectivity index (χ2v) is 9.75. The topological polar surface area (TPSA) is 89.0 Å². The van der Waals surface area contributed by atoms with E-state index in [1.165, 1.54) is 11.8 Å². The van der Waals surface area contributed by atoms with Crippen molar-refractivity contribution in [3.8, 4) is 11.5 Å². The minimum absolute atomic E-state index is 0.182. The number of hydrogen-bond donors (Lipinski definition) is 2. The summed E-state index contributed by atoms with van der Waals surface area (Å²) in [6.45, 7) is 8.80. The Labute approximate surface area is 229 Å². The summed E-state index contributed by atoms with van der Waals surface area (Å²) in [5, 5.41) is 7.43. The number of carbonyl (C=O) groups is 2. The maximum atomic E-state index is 12.8. The Bertz CT molecular complexity index is 1240. The van der Waals surface area contributed by atoms with Gasteiger partial charge in [-0.3, -0.25) is 9.59 Å². The van der Waals surface area contributed by atoms with Crippen LogP contribution in [-0.2, 0) is 11.4 Å². The first kappa shape index (κ1) is 28.7. The van der Waals surface area contributed by atoms with Gasteiger partial charge < -0.3 is 14.8 Å². The van der Waals surface area contributed by atoms with Crippen LogP contribution in [0.3, 0.4) is 0 Å². The van der Waals surface area contributed by atoms with Crippen molar-refractivity contribution in [1.82, 2.24) is 10.7 Å². The van der Waals surface area contributed by atoms with E-state index in [1.54, 1.807) is 30.3 Å². The third-order valence-electron chi connectivity index (χ3n) is 5.61. The van der Waals surface area contributed by atoms with Crippen LogP contribution in [0.1, 0.15) is 54.2 Å². The maximum Gasteiger partial charge on any atom is 0.262 e. The lowest BCUT2D eigenvalue weighted by Crippen LogP contribution is -2.46. The summed E-state index contributed by atoms with van der Waals surface area (Å²) in [6, 6.07) is 19.4. The number of halogens is 1. The molecule has 2 amide bonds. The second kappa shape index (κ2) is 14.2. The average molecular weight is 536 g/mol. The van der Waals surface area contributed by atoms with Gasteiger partial charge in [0.05, 0.1) is 12.8 Å². The summed E-state index contributed by atoms with van der Waals surface area (Å²) in [5.74, 6) is 0.633. The molecule has 0 aromatic heterocycles. The Morgan fingerprint density at radius 2 is 1.68 bits per heavy atom. The molecular formula is C30H34ClN3O4. The van der Waals surface area contributed by atoms with Gasteiger partial charge in [0, 0.05) is 10.6 Å². The van der Waals surface area contributed by atoms with Gasteiger partial charge >= 0.3 is 0 Å². The van der Waals surface area contributed by atoms with E-state index >= 15 is 0 Å². The van der Waals surface area contributed by atoms with E-state index in [9.17, 15) is 9.59 Å². The molecule has 1 atom stereocenters. The molecule has 3 rings (SSSR count). The molecule has 7 nitrogen and oxygen atoms in total. The molecule has 1 unspecified atom stereocenters. The molecule has 0 saturated heterocycles. The Kier molecular flexibility index (Phi) is 10.7. The van der Waals surface area contributed by atoms with Gasteiger partial charge in [0.15, 0.2) is 11.5 Å². The van der Waals surface area contributed by atoms with Crippen LogP contribution in [0, 0.1) is 12.8 Å². The number of hydrogen-bond acceptors (Lipinski definition) is 5. The van der Waals surface area contributed by atoms with E-state index in [2.05, 4.69) is 15.8 Å². The molecule has 0 spiro atoms. The van der Waals surface area contributed by atoms with Crippen LogP contribution >= 0.6 is 11.6 Å².